The van der Waals surface area contributed by atoms with E-state index in [-0.39, 0.29) is 12.1 Å². The Kier molecular flexibility index (Phi) is 3.57. The predicted molar refractivity (Wildman–Crippen MR) is 90.4 cm³/mol. The Labute approximate surface area is 142 Å². The third-order valence-electron chi connectivity index (χ3n) is 3.99. The summed E-state index contributed by atoms with van der Waals surface area (Å²) in [6, 6.07) is 9.33. The first kappa shape index (κ1) is 15.1. The molecule has 1 aromatic carbocycles. The smallest absolute Gasteiger partial charge is 0.264 e. The lowest BCUT2D eigenvalue weighted by Crippen LogP contribution is -2.20. The standard InChI is InChI=1S/C17H15N5O3/c1-21-16-13(8-19-21)17(23)22(10-18-16)9-11-7-14(20-25-11)12-5-3-4-6-15(12)24-2/h3-8,10H,9H2,1-2H3. The van der Waals surface area contributed by atoms with E-state index in [2.05, 4.69) is 15.2 Å². The summed E-state index contributed by atoms with van der Waals surface area (Å²) in [4.78, 5) is 16.8. The second kappa shape index (κ2) is 5.90. The Bertz CT molecular complexity index is 1110. The highest BCUT2D eigenvalue weighted by Gasteiger charge is 2.13. The van der Waals surface area contributed by atoms with E-state index in [9.17, 15) is 4.79 Å². The number of ether oxygens (including phenoxy) is 1. The number of benzene rings is 1. The molecule has 0 aliphatic carbocycles. The fourth-order valence-electron chi connectivity index (χ4n) is 2.72. The van der Waals surface area contributed by atoms with Gasteiger partial charge in [-0.1, -0.05) is 17.3 Å². The molecule has 0 fully saturated rings. The third kappa shape index (κ3) is 2.57. The van der Waals surface area contributed by atoms with Gasteiger partial charge in [0.2, 0.25) is 0 Å². The number of aromatic nitrogens is 5. The molecule has 0 N–H and O–H groups in total. The van der Waals surface area contributed by atoms with Gasteiger partial charge in [0.15, 0.2) is 11.4 Å². The molecular formula is C17H15N5O3. The second-order valence-electron chi connectivity index (χ2n) is 5.56. The molecule has 8 heteroatoms. The number of aryl methyl sites for hydroxylation is 1. The SMILES string of the molecule is COc1ccccc1-c1cc(Cn2cnc3c(cnn3C)c2=O)on1. The number of methoxy groups -OCH3 is 1. The van der Waals surface area contributed by atoms with Gasteiger partial charge in [0.1, 0.15) is 23.2 Å². The van der Waals surface area contributed by atoms with Crippen molar-refractivity contribution in [2.24, 2.45) is 7.05 Å². The highest BCUT2D eigenvalue weighted by atomic mass is 16.5. The molecule has 0 radical (unpaired) electrons. The highest BCUT2D eigenvalue weighted by molar-refractivity contribution is 5.72. The molecule has 3 aromatic heterocycles. The van der Waals surface area contributed by atoms with E-state index >= 15 is 0 Å². The molecule has 0 aliphatic heterocycles. The molecule has 25 heavy (non-hydrogen) atoms. The van der Waals surface area contributed by atoms with Crippen LogP contribution in [0.2, 0.25) is 0 Å². The lowest BCUT2D eigenvalue weighted by molar-refractivity contribution is 0.375. The van der Waals surface area contributed by atoms with E-state index in [4.69, 9.17) is 9.26 Å². The fraction of sp³-hybridized carbons (Fsp3) is 0.176. The Balaban J connectivity index is 1.68. The number of hydrogen-bond acceptors (Lipinski definition) is 6. The Morgan fingerprint density at radius 3 is 2.96 bits per heavy atom. The van der Waals surface area contributed by atoms with Crippen molar-refractivity contribution in [2.45, 2.75) is 6.54 Å². The van der Waals surface area contributed by atoms with Crippen LogP contribution in [0.1, 0.15) is 5.76 Å². The number of hydrogen-bond donors (Lipinski definition) is 0. The van der Waals surface area contributed by atoms with E-state index in [0.29, 0.717) is 28.2 Å². The van der Waals surface area contributed by atoms with Crippen LogP contribution < -0.4 is 10.3 Å². The second-order valence-corrected chi connectivity index (χ2v) is 5.56. The van der Waals surface area contributed by atoms with Gasteiger partial charge in [-0.3, -0.25) is 14.0 Å². The summed E-state index contributed by atoms with van der Waals surface area (Å²) >= 11 is 0. The first-order valence-electron chi connectivity index (χ1n) is 7.63. The zero-order valence-corrected chi connectivity index (χ0v) is 13.7. The maximum absolute atomic E-state index is 12.5. The summed E-state index contributed by atoms with van der Waals surface area (Å²) in [6.07, 6.45) is 3.00. The molecule has 4 rings (SSSR count). The number of fused-ring (bicyclic) bond motifs is 1. The fourth-order valence-corrected chi connectivity index (χ4v) is 2.72. The maximum atomic E-state index is 12.5. The molecule has 8 nitrogen and oxygen atoms in total. The van der Waals surface area contributed by atoms with Crippen molar-refractivity contribution in [3.8, 4) is 17.0 Å². The highest BCUT2D eigenvalue weighted by Crippen LogP contribution is 2.29. The molecular weight excluding hydrogens is 322 g/mol. The normalized spacial score (nSPS) is 11.1. The average Bonchev–Trinajstić information content (AvgIpc) is 3.25. The summed E-state index contributed by atoms with van der Waals surface area (Å²) in [5, 5.41) is 8.61. The monoisotopic (exact) mass is 337 g/mol. The molecule has 0 saturated heterocycles. The van der Waals surface area contributed by atoms with Gasteiger partial charge in [-0.2, -0.15) is 5.10 Å². The molecule has 0 amide bonds. The molecule has 0 aliphatic rings. The van der Waals surface area contributed by atoms with Crippen molar-refractivity contribution < 1.29 is 9.26 Å². The molecule has 0 atom stereocenters. The lowest BCUT2D eigenvalue weighted by atomic mass is 10.1. The van der Waals surface area contributed by atoms with E-state index in [0.717, 1.165) is 5.56 Å². The van der Waals surface area contributed by atoms with Gasteiger partial charge in [0.05, 0.1) is 19.9 Å². The van der Waals surface area contributed by atoms with E-state index in [1.54, 1.807) is 24.9 Å². The Hall–Kier alpha value is -3.42. The first-order chi connectivity index (χ1) is 12.2. The summed E-state index contributed by atoms with van der Waals surface area (Å²) in [5.74, 6) is 1.26. The van der Waals surface area contributed by atoms with Crippen LogP contribution in [-0.4, -0.2) is 31.6 Å². The van der Waals surface area contributed by atoms with Crippen molar-refractivity contribution >= 4 is 11.0 Å². The molecule has 0 spiro atoms. The van der Waals surface area contributed by atoms with Crippen LogP contribution in [0.4, 0.5) is 0 Å². The van der Waals surface area contributed by atoms with Crippen LogP contribution >= 0.6 is 0 Å². The van der Waals surface area contributed by atoms with Gasteiger partial charge in [-0.25, -0.2) is 4.98 Å². The quantitative estimate of drug-likeness (QED) is 0.565. The topological polar surface area (TPSA) is 88.0 Å². The van der Waals surface area contributed by atoms with Crippen LogP contribution in [0.3, 0.4) is 0 Å². The zero-order valence-electron chi connectivity index (χ0n) is 13.7. The van der Waals surface area contributed by atoms with Gasteiger partial charge in [0.25, 0.3) is 5.56 Å². The van der Waals surface area contributed by atoms with Crippen molar-refractivity contribution in [3.63, 3.8) is 0 Å². The summed E-state index contributed by atoms with van der Waals surface area (Å²) in [6.45, 7) is 0.235. The van der Waals surface area contributed by atoms with Crippen LogP contribution in [-0.2, 0) is 13.6 Å². The Morgan fingerprint density at radius 2 is 2.12 bits per heavy atom. The van der Waals surface area contributed by atoms with Gasteiger partial charge in [-0.15, -0.1) is 0 Å². The zero-order chi connectivity index (χ0) is 17.4. The van der Waals surface area contributed by atoms with Gasteiger partial charge in [-0.05, 0) is 12.1 Å². The third-order valence-corrected chi connectivity index (χ3v) is 3.99. The van der Waals surface area contributed by atoms with E-state index in [1.165, 1.54) is 17.1 Å². The summed E-state index contributed by atoms with van der Waals surface area (Å²) < 4.78 is 13.8. The molecule has 0 saturated carbocycles. The molecule has 0 unspecified atom stereocenters. The van der Waals surface area contributed by atoms with Crippen molar-refractivity contribution in [1.82, 2.24) is 24.5 Å². The van der Waals surface area contributed by atoms with Crippen molar-refractivity contribution in [2.75, 3.05) is 7.11 Å². The molecule has 3 heterocycles. The van der Waals surface area contributed by atoms with E-state index in [1.807, 2.05) is 24.3 Å². The molecule has 126 valence electrons. The summed E-state index contributed by atoms with van der Waals surface area (Å²) in [5.41, 5.74) is 1.85. The minimum atomic E-state index is -0.173. The van der Waals surface area contributed by atoms with Gasteiger partial charge >= 0.3 is 0 Å². The van der Waals surface area contributed by atoms with Crippen LogP contribution in [0.15, 0.2) is 52.2 Å². The van der Waals surface area contributed by atoms with E-state index < -0.39 is 0 Å². The minimum Gasteiger partial charge on any atom is -0.496 e. The molecule has 4 aromatic rings. The predicted octanol–water partition coefficient (Wildman–Crippen LogP) is 1.84. The van der Waals surface area contributed by atoms with Crippen LogP contribution in [0.5, 0.6) is 5.75 Å². The van der Waals surface area contributed by atoms with Crippen molar-refractivity contribution in [1.29, 1.82) is 0 Å². The van der Waals surface area contributed by atoms with Crippen LogP contribution in [0.25, 0.3) is 22.3 Å². The maximum Gasteiger partial charge on any atom is 0.264 e. The van der Waals surface area contributed by atoms with Gasteiger partial charge in [0, 0.05) is 18.7 Å². The largest absolute Gasteiger partial charge is 0.496 e. The van der Waals surface area contributed by atoms with Gasteiger partial charge < -0.3 is 9.26 Å². The number of para-hydroxylation sites is 1. The lowest BCUT2D eigenvalue weighted by Gasteiger charge is -2.04. The number of nitrogens with zero attached hydrogens (tertiary/aromatic N) is 5. The first-order valence-corrected chi connectivity index (χ1v) is 7.63. The average molecular weight is 337 g/mol. The van der Waals surface area contributed by atoms with Crippen molar-refractivity contribution in [3.05, 3.63) is 59.0 Å². The molecule has 0 bridgehead atoms. The summed E-state index contributed by atoms with van der Waals surface area (Å²) in [7, 11) is 3.35. The Morgan fingerprint density at radius 1 is 1.28 bits per heavy atom. The van der Waals surface area contributed by atoms with Crippen LogP contribution in [0, 0.1) is 0 Å². The number of rotatable bonds is 4. The minimum absolute atomic E-state index is 0.173.